The number of nitrogens with one attached hydrogen (secondary N) is 1. The molecule has 0 saturated heterocycles. The van der Waals surface area contributed by atoms with Crippen LogP contribution in [0.3, 0.4) is 0 Å². The van der Waals surface area contributed by atoms with Crippen molar-refractivity contribution >= 4 is 27.5 Å². The van der Waals surface area contributed by atoms with Gasteiger partial charge in [0.15, 0.2) is 5.69 Å². The molecule has 4 aromatic rings. The van der Waals surface area contributed by atoms with Gasteiger partial charge in [-0.2, -0.15) is 0 Å². The van der Waals surface area contributed by atoms with Crippen LogP contribution in [0.2, 0.25) is 0 Å². The molecule has 2 aromatic heterocycles. The van der Waals surface area contributed by atoms with E-state index in [0.29, 0.717) is 17.1 Å². The van der Waals surface area contributed by atoms with Gasteiger partial charge in [-0.05, 0) is 43.3 Å². The SMILES string of the molecule is Cc1c(C(=O)Nc2ccc(-n3ccnc3)c(F)c2)nnn1-c1cccc(Br)c1. The van der Waals surface area contributed by atoms with Crippen LogP contribution in [0.5, 0.6) is 0 Å². The summed E-state index contributed by atoms with van der Waals surface area (Å²) >= 11 is 3.41. The van der Waals surface area contributed by atoms with E-state index in [-0.39, 0.29) is 5.69 Å². The molecule has 7 nitrogen and oxygen atoms in total. The van der Waals surface area contributed by atoms with Crippen LogP contribution in [0.4, 0.5) is 10.1 Å². The maximum absolute atomic E-state index is 14.4. The summed E-state index contributed by atoms with van der Waals surface area (Å²) in [4.78, 5) is 16.5. The van der Waals surface area contributed by atoms with Gasteiger partial charge in [-0.3, -0.25) is 4.79 Å². The van der Waals surface area contributed by atoms with Crippen LogP contribution in [0.1, 0.15) is 16.2 Å². The van der Waals surface area contributed by atoms with E-state index < -0.39 is 11.7 Å². The Bertz CT molecular complexity index is 1160. The Hall–Kier alpha value is -3.33. The average molecular weight is 441 g/mol. The fourth-order valence-corrected chi connectivity index (χ4v) is 3.17. The molecule has 0 aliphatic heterocycles. The van der Waals surface area contributed by atoms with Crippen molar-refractivity contribution in [1.82, 2.24) is 24.5 Å². The largest absolute Gasteiger partial charge is 0.320 e. The average Bonchev–Trinajstić information content (AvgIpc) is 3.31. The summed E-state index contributed by atoms with van der Waals surface area (Å²) in [5, 5.41) is 10.7. The number of aromatic nitrogens is 5. The molecule has 4 rings (SSSR count). The molecular formula is C19H14BrFN6O. The fourth-order valence-electron chi connectivity index (χ4n) is 2.78. The molecule has 0 saturated carbocycles. The van der Waals surface area contributed by atoms with Crippen LogP contribution in [0.25, 0.3) is 11.4 Å². The second-order valence-corrected chi connectivity index (χ2v) is 6.92. The lowest BCUT2D eigenvalue weighted by atomic mass is 10.2. The molecule has 0 bridgehead atoms. The summed E-state index contributed by atoms with van der Waals surface area (Å²) in [5.74, 6) is -0.946. The molecule has 0 aliphatic rings. The van der Waals surface area contributed by atoms with Gasteiger partial charge in [-0.15, -0.1) is 5.10 Å². The summed E-state index contributed by atoms with van der Waals surface area (Å²) in [6, 6.07) is 11.9. The molecule has 0 radical (unpaired) electrons. The molecule has 28 heavy (non-hydrogen) atoms. The molecule has 0 atom stereocenters. The van der Waals surface area contributed by atoms with Crippen LogP contribution < -0.4 is 5.32 Å². The maximum Gasteiger partial charge on any atom is 0.278 e. The van der Waals surface area contributed by atoms with Crippen LogP contribution >= 0.6 is 15.9 Å². The highest BCUT2D eigenvalue weighted by Crippen LogP contribution is 2.20. The molecule has 1 N–H and O–H groups in total. The normalized spacial score (nSPS) is 10.8. The highest BCUT2D eigenvalue weighted by molar-refractivity contribution is 9.10. The summed E-state index contributed by atoms with van der Waals surface area (Å²) in [6.45, 7) is 1.75. The zero-order valence-electron chi connectivity index (χ0n) is 14.7. The first kappa shape index (κ1) is 18.1. The number of carbonyl (C=O) groups is 1. The zero-order valence-corrected chi connectivity index (χ0v) is 16.3. The first-order valence-electron chi connectivity index (χ1n) is 8.30. The second kappa shape index (κ2) is 7.35. The van der Waals surface area contributed by atoms with Gasteiger partial charge in [-0.1, -0.05) is 27.2 Å². The van der Waals surface area contributed by atoms with Gasteiger partial charge in [0.2, 0.25) is 0 Å². The Labute approximate surface area is 168 Å². The highest BCUT2D eigenvalue weighted by Gasteiger charge is 2.18. The maximum atomic E-state index is 14.4. The van der Waals surface area contributed by atoms with Gasteiger partial charge in [0, 0.05) is 22.6 Å². The van der Waals surface area contributed by atoms with Crippen LogP contribution in [-0.4, -0.2) is 30.5 Å². The molecule has 140 valence electrons. The van der Waals surface area contributed by atoms with Gasteiger partial charge in [0.25, 0.3) is 5.91 Å². The molecule has 0 aliphatic carbocycles. The van der Waals surface area contributed by atoms with E-state index in [2.05, 4.69) is 36.5 Å². The lowest BCUT2D eigenvalue weighted by Gasteiger charge is -2.08. The van der Waals surface area contributed by atoms with Crippen molar-refractivity contribution in [2.75, 3.05) is 5.32 Å². The predicted molar refractivity (Wildman–Crippen MR) is 105 cm³/mol. The summed E-state index contributed by atoms with van der Waals surface area (Å²) in [6.07, 6.45) is 4.70. The Morgan fingerprint density at radius 2 is 2.07 bits per heavy atom. The highest BCUT2D eigenvalue weighted by atomic mass is 79.9. The third-order valence-electron chi connectivity index (χ3n) is 4.15. The van der Waals surface area contributed by atoms with Crippen molar-refractivity contribution in [3.63, 3.8) is 0 Å². The standard InChI is InChI=1S/C19H14BrFN6O/c1-12-18(24-25-27(12)15-4-2-3-13(20)9-15)19(28)23-14-5-6-17(16(21)10-14)26-8-7-22-11-26/h2-11H,1H3,(H,23,28). The van der Waals surface area contributed by atoms with Gasteiger partial charge in [-0.25, -0.2) is 14.1 Å². The number of amides is 1. The van der Waals surface area contributed by atoms with Crippen molar-refractivity contribution in [1.29, 1.82) is 0 Å². The minimum Gasteiger partial charge on any atom is -0.320 e. The Morgan fingerprint density at radius 3 is 2.79 bits per heavy atom. The molecule has 2 aromatic carbocycles. The van der Waals surface area contributed by atoms with Crippen LogP contribution in [-0.2, 0) is 0 Å². The van der Waals surface area contributed by atoms with Crippen molar-refractivity contribution in [2.45, 2.75) is 6.92 Å². The summed E-state index contributed by atoms with van der Waals surface area (Å²) in [7, 11) is 0. The minimum atomic E-state index is -0.481. The van der Waals surface area contributed by atoms with E-state index in [9.17, 15) is 9.18 Å². The quantitative estimate of drug-likeness (QED) is 0.521. The Morgan fingerprint density at radius 1 is 1.21 bits per heavy atom. The number of anilines is 1. The van der Waals surface area contributed by atoms with Gasteiger partial charge in [0.05, 0.1) is 23.4 Å². The summed E-state index contributed by atoms with van der Waals surface area (Å²) < 4.78 is 18.4. The van der Waals surface area contributed by atoms with E-state index in [4.69, 9.17) is 0 Å². The van der Waals surface area contributed by atoms with Gasteiger partial charge < -0.3 is 9.88 Å². The molecule has 1 amide bonds. The molecule has 0 fully saturated rings. The summed E-state index contributed by atoms with van der Waals surface area (Å²) in [5.41, 5.74) is 2.18. The first-order chi connectivity index (χ1) is 13.5. The lowest BCUT2D eigenvalue weighted by molar-refractivity contribution is 0.102. The van der Waals surface area contributed by atoms with Crippen molar-refractivity contribution in [2.24, 2.45) is 0 Å². The van der Waals surface area contributed by atoms with Crippen LogP contribution in [0.15, 0.2) is 65.7 Å². The zero-order chi connectivity index (χ0) is 19.7. The number of hydrogen-bond acceptors (Lipinski definition) is 4. The number of carbonyl (C=O) groups excluding carboxylic acids is 1. The van der Waals surface area contributed by atoms with Gasteiger partial charge in [0.1, 0.15) is 5.82 Å². The fraction of sp³-hybridized carbons (Fsp3) is 0.0526. The molecule has 0 spiro atoms. The Balaban J connectivity index is 1.57. The first-order valence-corrected chi connectivity index (χ1v) is 9.10. The molecule has 9 heteroatoms. The number of halogens is 2. The lowest BCUT2D eigenvalue weighted by Crippen LogP contribution is -2.14. The third kappa shape index (κ3) is 3.44. The van der Waals surface area contributed by atoms with Gasteiger partial charge >= 0.3 is 0 Å². The van der Waals surface area contributed by atoms with E-state index in [1.54, 1.807) is 40.7 Å². The second-order valence-electron chi connectivity index (χ2n) is 6.01. The number of imidazole rings is 1. The molecule has 2 heterocycles. The topological polar surface area (TPSA) is 77.6 Å². The third-order valence-corrected chi connectivity index (χ3v) is 4.64. The van der Waals surface area contributed by atoms with Crippen molar-refractivity contribution < 1.29 is 9.18 Å². The number of rotatable bonds is 4. The smallest absolute Gasteiger partial charge is 0.278 e. The number of benzene rings is 2. The van der Waals surface area contributed by atoms with Crippen molar-refractivity contribution in [3.8, 4) is 11.4 Å². The van der Waals surface area contributed by atoms with E-state index >= 15 is 0 Å². The minimum absolute atomic E-state index is 0.166. The van der Waals surface area contributed by atoms with Crippen molar-refractivity contribution in [3.05, 3.63) is 82.9 Å². The Kier molecular flexibility index (Phi) is 4.74. The van der Waals surface area contributed by atoms with E-state index in [1.165, 1.54) is 12.4 Å². The van der Waals surface area contributed by atoms with E-state index in [0.717, 1.165) is 10.2 Å². The molecule has 0 unspecified atom stereocenters. The van der Waals surface area contributed by atoms with E-state index in [1.807, 2.05) is 24.3 Å². The predicted octanol–water partition coefficient (Wildman–Crippen LogP) is 3.92. The number of hydrogen-bond donors (Lipinski definition) is 1. The number of nitrogens with zero attached hydrogens (tertiary/aromatic N) is 5. The molecular weight excluding hydrogens is 427 g/mol. The monoisotopic (exact) mass is 440 g/mol. The van der Waals surface area contributed by atoms with Crippen LogP contribution in [0, 0.1) is 12.7 Å².